The number of hydrogen-bond acceptors (Lipinski definition) is 4. The maximum absolute atomic E-state index is 13.1. The number of benzene rings is 2. The zero-order valence-corrected chi connectivity index (χ0v) is 10.9. The fraction of sp³-hybridized carbons (Fsp3) is 0.133. The molecule has 0 aliphatic carbocycles. The van der Waals surface area contributed by atoms with Crippen molar-refractivity contribution in [1.29, 1.82) is 0 Å². The van der Waals surface area contributed by atoms with E-state index in [0.717, 1.165) is 23.4 Å². The van der Waals surface area contributed by atoms with Crippen molar-refractivity contribution < 1.29 is 18.7 Å². The highest BCUT2D eigenvalue weighted by Gasteiger charge is 2.10. The molecule has 2 aromatic carbocycles. The molecule has 104 valence electrons. The molecular formula is C15H14FNO3. The van der Waals surface area contributed by atoms with Crippen LogP contribution in [0.25, 0.3) is 0 Å². The first kappa shape index (κ1) is 13.9. The summed E-state index contributed by atoms with van der Waals surface area (Å²) >= 11 is 0. The van der Waals surface area contributed by atoms with E-state index in [4.69, 9.17) is 15.2 Å². The van der Waals surface area contributed by atoms with Gasteiger partial charge in [0.05, 0.1) is 12.7 Å². The van der Waals surface area contributed by atoms with Gasteiger partial charge in [-0.15, -0.1) is 0 Å². The molecular weight excluding hydrogens is 261 g/mol. The lowest BCUT2D eigenvalue weighted by Gasteiger charge is -2.06. The molecule has 5 heteroatoms. The lowest BCUT2D eigenvalue weighted by atomic mass is 10.2. The van der Waals surface area contributed by atoms with Crippen LogP contribution in [0.3, 0.4) is 0 Å². The van der Waals surface area contributed by atoms with E-state index in [1.807, 2.05) is 0 Å². The summed E-state index contributed by atoms with van der Waals surface area (Å²) in [5.41, 5.74) is 6.56. The van der Waals surface area contributed by atoms with Gasteiger partial charge in [0, 0.05) is 5.69 Å². The highest BCUT2D eigenvalue weighted by atomic mass is 19.1. The van der Waals surface area contributed by atoms with E-state index < -0.39 is 11.8 Å². The van der Waals surface area contributed by atoms with Gasteiger partial charge >= 0.3 is 5.97 Å². The lowest BCUT2D eigenvalue weighted by Crippen LogP contribution is -2.06. The Kier molecular flexibility index (Phi) is 4.20. The summed E-state index contributed by atoms with van der Waals surface area (Å²) < 4.78 is 23.3. The molecule has 2 N–H and O–H groups in total. The number of carbonyl (C=O) groups is 1. The van der Waals surface area contributed by atoms with Crippen molar-refractivity contribution in [3.05, 3.63) is 59.4 Å². The smallest absolute Gasteiger partial charge is 0.338 e. The van der Waals surface area contributed by atoms with Crippen molar-refractivity contribution >= 4 is 11.7 Å². The van der Waals surface area contributed by atoms with Gasteiger partial charge in [0.1, 0.15) is 18.2 Å². The summed E-state index contributed by atoms with van der Waals surface area (Å²) in [6.45, 7) is 0.0965. The third kappa shape index (κ3) is 3.47. The predicted molar refractivity (Wildman–Crippen MR) is 72.9 cm³/mol. The number of ether oxygens (including phenoxy) is 2. The number of nitrogens with two attached hydrogens (primary N) is 1. The normalized spacial score (nSPS) is 10.1. The van der Waals surface area contributed by atoms with E-state index in [-0.39, 0.29) is 17.9 Å². The van der Waals surface area contributed by atoms with Gasteiger partial charge in [-0.05, 0) is 35.9 Å². The Labute approximate surface area is 115 Å². The topological polar surface area (TPSA) is 61.5 Å². The van der Waals surface area contributed by atoms with E-state index in [1.165, 1.54) is 6.07 Å². The van der Waals surface area contributed by atoms with Gasteiger partial charge < -0.3 is 15.2 Å². The molecule has 0 fully saturated rings. The summed E-state index contributed by atoms with van der Waals surface area (Å²) in [4.78, 5) is 11.8. The minimum Gasteiger partial charge on any atom is -0.497 e. The van der Waals surface area contributed by atoms with Crippen LogP contribution in [0.2, 0.25) is 0 Å². The fourth-order valence-corrected chi connectivity index (χ4v) is 1.68. The molecule has 0 saturated carbocycles. The number of halogens is 1. The van der Waals surface area contributed by atoms with Gasteiger partial charge in [0.15, 0.2) is 0 Å². The van der Waals surface area contributed by atoms with Crippen LogP contribution in [-0.4, -0.2) is 13.1 Å². The molecule has 0 aromatic heterocycles. The third-order valence-corrected chi connectivity index (χ3v) is 2.68. The van der Waals surface area contributed by atoms with Crippen LogP contribution in [0.4, 0.5) is 10.1 Å². The first-order chi connectivity index (χ1) is 9.58. The molecule has 0 radical (unpaired) electrons. The Morgan fingerprint density at radius 3 is 2.50 bits per heavy atom. The van der Waals surface area contributed by atoms with Crippen LogP contribution in [0.1, 0.15) is 15.9 Å². The molecule has 0 heterocycles. The van der Waals surface area contributed by atoms with Crippen molar-refractivity contribution in [2.75, 3.05) is 12.8 Å². The number of esters is 1. The van der Waals surface area contributed by atoms with E-state index >= 15 is 0 Å². The largest absolute Gasteiger partial charge is 0.497 e. The summed E-state index contributed by atoms with van der Waals surface area (Å²) in [6, 6.07) is 10.7. The average Bonchev–Trinajstić information content (AvgIpc) is 2.44. The molecule has 0 amide bonds. The van der Waals surface area contributed by atoms with Gasteiger partial charge in [-0.2, -0.15) is 0 Å². The molecule has 20 heavy (non-hydrogen) atoms. The molecule has 0 bridgehead atoms. The molecule has 4 nitrogen and oxygen atoms in total. The summed E-state index contributed by atoms with van der Waals surface area (Å²) in [5, 5.41) is 0. The van der Waals surface area contributed by atoms with Crippen LogP contribution in [-0.2, 0) is 11.3 Å². The van der Waals surface area contributed by atoms with Crippen molar-refractivity contribution in [2.45, 2.75) is 6.61 Å². The Morgan fingerprint density at radius 2 is 1.90 bits per heavy atom. The molecule has 0 atom stereocenters. The molecule has 0 unspecified atom stereocenters. The zero-order chi connectivity index (χ0) is 14.5. The fourth-order valence-electron chi connectivity index (χ4n) is 1.68. The van der Waals surface area contributed by atoms with Gasteiger partial charge in [-0.25, -0.2) is 9.18 Å². The second-order valence-corrected chi connectivity index (χ2v) is 4.20. The van der Waals surface area contributed by atoms with Crippen LogP contribution in [0.15, 0.2) is 42.5 Å². The number of hydrogen-bond donors (Lipinski definition) is 1. The van der Waals surface area contributed by atoms with Gasteiger partial charge in [0.25, 0.3) is 0 Å². The third-order valence-electron chi connectivity index (χ3n) is 2.68. The number of methoxy groups -OCH3 is 1. The van der Waals surface area contributed by atoms with Crippen LogP contribution < -0.4 is 10.5 Å². The van der Waals surface area contributed by atoms with E-state index in [9.17, 15) is 9.18 Å². The average molecular weight is 275 g/mol. The van der Waals surface area contributed by atoms with Crippen molar-refractivity contribution in [3.63, 3.8) is 0 Å². The second kappa shape index (κ2) is 6.06. The van der Waals surface area contributed by atoms with Crippen molar-refractivity contribution in [1.82, 2.24) is 0 Å². The maximum atomic E-state index is 13.1. The summed E-state index contributed by atoms with van der Waals surface area (Å²) in [6.07, 6.45) is 0. The minimum absolute atomic E-state index is 0.0935. The van der Waals surface area contributed by atoms with Gasteiger partial charge in [-0.3, -0.25) is 0 Å². The molecule has 0 saturated heterocycles. The first-order valence-electron chi connectivity index (χ1n) is 5.94. The standard InChI is InChI=1S/C15H14FNO3/c1-19-14-4-2-10(3-5-14)9-20-15(18)11-6-12(16)8-13(17)7-11/h2-8H,9,17H2,1H3. The van der Waals surface area contributed by atoms with Gasteiger partial charge in [-0.1, -0.05) is 12.1 Å². The molecule has 0 spiro atoms. The first-order valence-corrected chi connectivity index (χ1v) is 5.94. The lowest BCUT2D eigenvalue weighted by molar-refractivity contribution is 0.0472. The quantitative estimate of drug-likeness (QED) is 0.688. The molecule has 0 aliphatic heterocycles. The summed E-state index contributed by atoms with van der Waals surface area (Å²) in [5.74, 6) is -0.466. The van der Waals surface area contributed by atoms with Gasteiger partial charge in [0.2, 0.25) is 0 Å². The number of anilines is 1. The van der Waals surface area contributed by atoms with Crippen molar-refractivity contribution in [2.24, 2.45) is 0 Å². The summed E-state index contributed by atoms with van der Waals surface area (Å²) in [7, 11) is 1.57. The Hall–Kier alpha value is -2.56. The Bertz CT molecular complexity index is 591. The maximum Gasteiger partial charge on any atom is 0.338 e. The van der Waals surface area contributed by atoms with Crippen LogP contribution in [0, 0.1) is 5.82 Å². The molecule has 2 rings (SSSR count). The van der Waals surface area contributed by atoms with E-state index in [0.29, 0.717) is 0 Å². The van der Waals surface area contributed by atoms with E-state index in [2.05, 4.69) is 0 Å². The highest BCUT2D eigenvalue weighted by Crippen LogP contribution is 2.15. The zero-order valence-electron chi connectivity index (χ0n) is 10.9. The second-order valence-electron chi connectivity index (χ2n) is 4.20. The number of rotatable bonds is 4. The predicted octanol–water partition coefficient (Wildman–Crippen LogP) is 2.77. The number of carbonyl (C=O) groups excluding carboxylic acids is 1. The van der Waals surface area contributed by atoms with Crippen LogP contribution in [0.5, 0.6) is 5.75 Å². The Morgan fingerprint density at radius 1 is 1.20 bits per heavy atom. The monoisotopic (exact) mass is 275 g/mol. The SMILES string of the molecule is COc1ccc(COC(=O)c2cc(N)cc(F)c2)cc1. The molecule has 0 aliphatic rings. The van der Waals surface area contributed by atoms with E-state index in [1.54, 1.807) is 31.4 Å². The molecule has 2 aromatic rings. The van der Waals surface area contributed by atoms with Crippen LogP contribution >= 0.6 is 0 Å². The highest BCUT2D eigenvalue weighted by molar-refractivity contribution is 5.90. The number of nitrogen functional groups attached to an aromatic ring is 1. The Balaban J connectivity index is 2.00. The van der Waals surface area contributed by atoms with Crippen molar-refractivity contribution in [3.8, 4) is 5.75 Å². The minimum atomic E-state index is -0.619.